The summed E-state index contributed by atoms with van der Waals surface area (Å²) >= 11 is 0. The van der Waals surface area contributed by atoms with Crippen molar-refractivity contribution in [1.29, 1.82) is 0 Å². The van der Waals surface area contributed by atoms with E-state index < -0.39 is 0 Å². The minimum atomic E-state index is -0.183. The van der Waals surface area contributed by atoms with Crippen molar-refractivity contribution in [1.82, 2.24) is 0 Å². The number of rotatable bonds is 3. The Hall–Kier alpha value is -2.46. The molecular formula is C12H11N3O3. The zero-order valence-corrected chi connectivity index (χ0v) is 10.0. The van der Waals surface area contributed by atoms with E-state index in [-0.39, 0.29) is 12.0 Å². The van der Waals surface area contributed by atoms with E-state index in [4.69, 9.17) is 14.7 Å². The van der Waals surface area contributed by atoms with Crippen molar-refractivity contribution >= 4 is 11.0 Å². The number of ether oxygens (including phenoxy) is 1. The highest BCUT2D eigenvalue weighted by Crippen LogP contribution is 2.24. The Morgan fingerprint density at radius 2 is 2.22 bits per heavy atom. The second kappa shape index (κ2) is 4.81. The molecule has 2 rings (SSSR count). The van der Waals surface area contributed by atoms with Crippen LogP contribution in [-0.2, 0) is 6.54 Å². The first kappa shape index (κ1) is 12.0. The van der Waals surface area contributed by atoms with Crippen molar-refractivity contribution in [3.05, 3.63) is 50.2 Å². The maximum Gasteiger partial charge on any atom is 0.193 e. The summed E-state index contributed by atoms with van der Waals surface area (Å²) < 4.78 is 10.7. The summed E-state index contributed by atoms with van der Waals surface area (Å²) in [5, 5.41) is 3.82. The Morgan fingerprint density at radius 1 is 1.44 bits per heavy atom. The van der Waals surface area contributed by atoms with E-state index in [0.29, 0.717) is 22.5 Å². The highest BCUT2D eigenvalue weighted by Gasteiger charge is 2.08. The SMILES string of the molecule is COc1cc2c(=O)cc(CN=[N+]=[N-])oc2cc1C. The summed E-state index contributed by atoms with van der Waals surface area (Å²) in [5.41, 5.74) is 9.39. The fourth-order valence-electron chi connectivity index (χ4n) is 1.73. The van der Waals surface area contributed by atoms with E-state index in [1.165, 1.54) is 6.07 Å². The summed E-state index contributed by atoms with van der Waals surface area (Å²) in [6.07, 6.45) is 0. The van der Waals surface area contributed by atoms with Crippen molar-refractivity contribution in [3.8, 4) is 5.75 Å². The van der Waals surface area contributed by atoms with E-state index in [9.17, 15) is 4.79 Å². The van der Waals surface area contributed by atoms with Gasteiger partial charge in [0.2, 0.25) is 0 Å². The van der Waals surface area contributed by atoms with Gasteiger partial charge in [0.15, 0.2) is 5.43 Å². The number of hydrogen-bond acceptors (Lipinski definition) is 4. The lowest BCUT2D eigenvalue weighted by molar-refractivity contribution is 0.412. The first-order valence-electron chi connectivity index (χ1n) is 5.28. The molecule has 18 heavy (non-hydrogen) atoms. The van der Waals surface area contributed by atoms with Gasteiger partial charge in [-0.3, -0.25) is 4.79 Å². The second-order valence-corrected chi connectivity index (χ2v) is 3.78. The van der Waals surface area contributed by atoms with Gasteiger partial charge in [-0.25, -0.2) is 0 Å². The lowest BCUT2D eigenvalue weighted by Gasteiger charge is -2.06. The Morgan fingerprint density at radius 3 is 2.89 bits per heavy atom. The summed E-state index contributed by atoms with van der Waals surface area (Å²) in [6.45, 7) is 1.88. The molecule has 1 aromatic carbocycles. The van der Waals surface area contributed by atoms with Gasteiger partial charge in [0.25, 0.3) is 0 Å². The quantitative estimate of drug-likeness (QED) is 0.473. The fraction of sp³-hybridized carbons (Fsp3) is 0.250. The van der Waals surface area contributed by atoms with Crippen molar-refractivity contribution in [2.45, 2.75) is 13.5 Å². The molecule has 0 amide bonds. The molecule has 0 aliphatic carbocycles. The molecule has 0 aliphatic rings. The lowest BCUT2D eigenvalue weighted by atomic mass is 10.1. The highest BCUT2D eigenvalue weighted by molar-refractivity contribution is 5.79. The van der Waals surface area contributed by atoms with Crippen LogP contribution in [0.2, 0.25) is 0 Å². The third-order valence-electron chi connectivity index (χ3n) is 2.59. The van der Waals surface area contributed by atoms with E-state index in [2.05, 4.69) is 10.0 Å². The van der Waals surface area contributed by atoms with E-state index in [1.807, 2.05) is 6.92 Å². The molecule has 1 aromatic heterocycles. The molecule has 0 unspecified atom stereocenters. The van der Waals surface area contributed by atoms with E-state index in [1.54, 1.807) is 19.2 Å². The third kappa shape index (κ3) is 2.14. The summed E-state index contributed by atoms with van der Waals surface area (Å²) in [7, 11) is 1.55. The van der Waals surface area contributed by atoms with Gasteiger partial charge in [-0.05, 0) is 30.2 Å². The maximum atomic E-state index is 11.9. The standard InChI is InChI=1S/C12H11N3O3/c1-7-3-12-9(5-11(7)17-2)10(16)4-8(18-12)6-14-15-13/h3-5H,6H2,1-2H3. The third-order valence-corrected chi connectivity index (χ3v) is 2.59. The van der Waals surface area contributed by atoms with Gasteiger partial charge in [0, 0.05) is 11.0 Å². The molecule has 0 saturated carbocycles. The average Bonchev–Trinajstić information content (AvgIpc) is 2.35. The number of fused-ring (bicyclic) bond motifs is 1. The van der Waals surface area contributed by atoms with Crippen LogP contribution in [0.25, 0.3) is 21.4 Å². The molecular weight excluding hydrogens is 234 g/mol. The molecule has 0 radical (unpaired) electrons. The first-order valence-corrected chi connectivity index (χ1v) is 5.28. The van der Waals surface area contributed by atoms with Crippen LogP contribution in [0.3, 0.4) is 0 Å². The molecule has 0 bridgehead atoms. The van der Waals surface area contributed by atoms with Gasteiger partial charge in [0.1, 0.15) is 17.1 Å². The number of aryl methyl sites for hydroxylation is 1. The molecule has 92 valence electrons. The fourth-order valence-corrected chi connectivity index (χ4v) is 1.73. The first-order chi connectivity index (χ1) is 8.65. The van der Waals surface area contributed by atoms with Gasteiger partial charge in [-0.15, -0.1) is 0 Å². The molecule has 0 atom stereocenters. The molecule has 2 aromatic rings. The van der Waals surface area contributed by atoms with Crippen LogP contribution >= 0.6 is 0 Å². The van der Waals surface area contributed by atoms with E-state index >= 15 is 0 Å². The minimum absolute atomic E-state index is 0.0206. The van der Waals surface area contributed by atoms with Crippen LogP contribution in [-0.4, -0.2) is 7.11 Å². The van der Waals surface area contributed by atoms with Crippen molar-refractivity contribution < 1.29 is 9.15 Å². The van der Waals surface area contributed by atoms with Crippen LogP contribution in [0.4, 0.5) is 0 Å². The van der Waals surface area contributed by atoms with Gasteiger partial charge >= 0.3 is 0 Å². The summed E-state index contributed by atoms with van der Waals surface area (Å²) in [4.78, 5) is 14.5. The normalized spacial score (nSPS) is 10.1. The largest absolute Gasteiger partial charge is 0.496 e. The molecule has 6 heteroatoms. The molecule has 0 saturated heterocycles. The van der Waals surface area contributed by atoms with E-state index in [0.717, 1.165) is 5.56 Å². The molecule has 0 spiro atoms. The minimum Gasteiger partial charge on any atom is -0.496 e. The van der Waals surface area contributed by atoms with Crippen LogP contribution in [0.15, 0.2) is 32.5 Å². The Labute approximate surface area is 102 Å². The number of benzene rings is 1. The topological polar surface area (TPSA) is 88.2 Å². The number of methoxy groups -OCH3 is 1. The Balaban J connectivity index is 2.66. The van der Waals surface area contributed by atoms with Crippen LogP contribution in [0, 0.1) is 6.92 Å². The molecule has 0 fully saturated rings. The molecule has 0 N–H and O–H groups in total. The van der Waals surface area contributed by atoms with Crippen molar-refractivity contribution in [2.75, 3.05) is 7.11 Å². The van der Waals surface area contributed by atoms with Crippen LogP contribution in [0.1, 0.15) is 11.3 Å². The predicted molar refractivity (Wildman–Crippen MR) is 66.6 cm³/mol. The molecule has 1 heterocycles. The van der Waals surface area contributed by atoms with Crippen molar-refractivity contribution in [3.63, 3.8) is 0 Å². The average molecular weight is 245 g/mol. The van der Waals surface area contributed by atoms with Crippen molar-refractivity contribution in [2.24, 2.45) is 5.11 Å². The van der Waals surface area contributed by atoms with Gasteiger partial charge in [-0.2, -0.15) is 0 Å². The Bertz CT molecular complexity index is 700. The predicted octanol–water partition coefficient (Wildman–Crippen LogP) is 2.92. The monoisotopic (exact) mass is 245 g/mol. The van der Waals surface area contributed by atoms with Gasteiger partial charge in [0.05, 0.1) is 19.0 Å². The zero-order valence-electron chi connectivity index (χ0n) is 10.0. The lowest BCUT2D eigenvalue weighted by Crippen LogP contribution is -2.02. The molecule has 6 nitrogen and oxygen atoms in total. The summed E-state index contributed by atoms with van der Waals surface area (Å²) in [6, 6.07) is 4.70. The maximum absolute atomic E-state index is 11.9. The van der Waals surface area contributed by atoms with Gasteiger partial charge in [-0.1, -0.05) is 5.11 Å². The highest BCUT2D eigenvalue weighted by atomic mass is 16.5. The number of azide groups is 1. The van der Waals surface area contributed by atoms with Crippen LogP contribution < -0.4 is 10.2 Å². The number of nitrogens with zero attached hydrogens (tertiary/aromatic N) is 3. The summed E-state index contributed by atoms with van der Waals surface area (Å²) in [5.74, 6) is 0.979. The Kier molecular flexibility index (Phi) is 3.21. The smallest absolute Gasteiger partial charge is 0.193 e. The van der Waals surface area contributed by atoms with Gasteiger partial charge < -0.3 is 9.15 Å². The zero-order chi connectivity index (χ0) is 13.1. The second-order valence-electron chi connectivity index (χ2n) is 3.78. The number of hydrogen-bond donors (Lipinski definition) is 0. The molecule has 0 aliphatic heterocycles. The van der Waals surface area contributed by atoms with Crippen LogP contribution in [0.5, 0.6) is 5.75 Å².